The van der Waals surface area contributed by atoms with Crippen LogP contribution in [0.4, 0.5) is 0 Å². The first kappa shape index (κ1) is 12.4. The zero-order chi connectivity index (χ0) is 10.1. The summed E-state index contributed by atoms with van der Waals surface area (Å²) in [5.74, 6) is 0. The highest BCUT2D eigenvalue weighted by Gasteiger charge is 1.92. The average Bonchev–Trinajstić information content (AvgIpc) is 2.09. The van der Waals surface area contributed by atoms with Gasteiger partial charge >= 0.3 is 0 Å². The van der Waals surface area contributed by atoms with E-state index >= 15 is 0 Å². The van der Waals surface area contributed by atoms with Crippen LogP contribution < -0.4 is 11.2 Å². The van der Waals surface area contributed by atoms with Gasteiger partial charge in [-0.25, -0.2) is 0 Å². The fourth-order valence-electron chi connectivity index (χ4n) is 1.01. The van der Waals surface area contributed by atoms with E-state index < -0.39 is 0 Å². The Labute approximate surface area is 85.8 Å². The first-order valence-corrected chi connectivity index (χ1v) is 5.16. The molecule has 0 radical (unpaired) electrons. The van der Waals surface area contributed by atoms with E-state index in [1.807, 2.05) is 6.92 Å². The van der Waals surface area contributed by atoms with Crippen molar-refractivity contribution in [2.45, 2.75) is 46.0 Å². The van der Waals surface area contributed by atoms with E-state index in [1.54, 1.807) is 0 Å². The van der Waals surface area contributed by atoms with Gasteiger partial charge in [-0.15, -0.1) is 0 Å². The molecule has 0 heterocycles. The minimum absolute atomic E-state index is 0.230. The molecule has 0 aromatic rings. The Kier molecular flexibility index (Phi) is 7.59. The monoisotopic (exact) mass is 201 g/mol. The molecule has 0 aromatic heterocycles. The lowest BCUT2D eigenvalue weighted by molar-refractivity contribution is 0.681. The molecule has 0 saturated heterocycles. The van der Waals surface area contributed by atoms with Gasteiger partial charge in [0.15, 0.2) is 5.11 Å². The van der Waals surface area contributed by atoms with Gasteiger partial charge in [0.05, 0.1) is 0 Å². The first-order valence-electron chi connectivity index (χ1n) is 4.75. The normalized spacial score (nSPS) is 11.4. The summed E-state index contributed by atoms with van der Waals surface area (Å²) in [5, 5.41) is 4.25. The lowest BCUT2D eigenvalue weighted by Crippen LogP contribution is -2.25. The molecule has 0 atom stereocenters. The minimum atomic E-state index is 0.230. The van der Waals surface area contributed by atoms with Gasteiger partial charge in [0.2, 0.25) is 0 Å². The number of thiocarbonyl (C=S) groups is 1. The molecule has 0 amide bonds. The molecule has 0 saturated carbocycles. The van der Waals surface area contributed by atoms with Gasteiger partial charge < -0.3 is 5.73 Å². The molecular weight excluding hydrogens is 182 g/mol. The molecule has 0 fully saturated rings. The van der Waals surface area contributed by atoms with Gasteiger partial charge in [0, 0.05) is 5.71 Å². The van der Waals surface area contributed by atoms with Crippen LogP contribution in [-0.4, -0.2) is 10.8 Å². The third-order valence-corrected chi connectivity index (χ3v) is 1.84. The number of nitrogens with one attached hydrogen (secondary N) is 1. The lowest BCUT2D eigenvalue weighted by Gasteiger charge is -2.01. The van der Waals surface area contributed by atoms with Crippen molar-refractivity contribution in [3.63, 3.8) is 0 Å². The molecule has 0 aliphatic rings. The van der Waals surface area contributed by atoms with Crippen LogP contribution in [0.25, 0.3) is 0 Å². The molecule has 0 unspecified atom stereocenters. The molecule has 3 nitrogen and oxygen atoms in total. The number of hydrazone groups is 1. The maximum Gasteiger partial charge on any atom is 0.184 e. The maximum absolute atomic E-state index is 5.23. The molecule has 4 heteroatoms. The van der Waals surface area contributed by atoms with E-state index in [0.717, 1.165) is 12.1 Å². The minimum Gasteiger partial charge on any atom is -0.375 e. The van der Waals surface area contributed by atoms with Crippen LogP contribution in [0.3, 0.4) is 0 Å². The molecular formula is C9H19N3S. The topological polar surface area (TPSA) is 50.4 Å². The van der Waals surface area contributed by atoms with Crippen LogP contribution >= 0.6 is 12.2 Å². The van der Waals surface area contributed by atoms with Crippen LogP contribution in [0.1, 0.15) is 46.0 Å². The third-order valence-electron chi connectivity index (χ3n) is 1.75. The van der Waals surface area contributed by atoms with Crippen molar-refractivity contribution in [2.75, 3.05) is 0 Å². The Hall–Kier alpha value is -0.640. The van der Waals surface area contributed by atoms with E-state index in [9.17, 15) is 0 Å². The van der Waals surface area contributed by atoms with Gasteiger partial charge in [0.25, 0.3) is 0 Å². The van der Waals surface area contributed by atoms with Crippen LogP contribution in [0.5, 0.6) is 0 Å². The van der Waals surface area contributed by atoms with Crippen LogP contribution in [0, 0.1) is 0 Å². The van der Waals surface area contributed by atoms with Crippen LogP contribution in [-0.2, 0) is 0 Å². The molecule has 3 N–H and O–H groups in total. The standard InChI is InChI=1S/C9H19N3S/c1-3-4-5-6-7-8(2)11-12-9(10)13/h3-7H2,1-2H3,(H3,10,12,13). The number of rotatable bonds is 6. The molecule has 0 aliphatic heterocycles. The Bertz CT molecular complexity index is 178. The molecule has 0 aliphatic carbocycles. The van der Waals surface area contributed by atoms with Gasteiger partial charge in [-0.1, -0.05) is 26.2 Å². The van der Waals surface area contributed by atoms with Crippen LogP contribution in [0.15, 0.2) is 5.10 Å². The summed E-state index contributed by atoms with van der Waals surface area (Å²) in [4.78, 5) is 0. The zero-order valence-corrected chi connectivity index (χ0v) is 9.28. The second-order valence-corrected chi connectivity index (χ2v) is 3.57. The average molecular weight is 201 g/mol. The molecule has 13 heavy (non-hydrogen) atoms. The number of hydrogen-bond acceptors (Lipinski definition) is 2. The summed E-state index contributed by atoms with van der Waals surface area (Å²) >= 11 is 4.63. The molecule has 0 bridgehead atoms. The second kappa shape index (κ2) is 7.98. The summed E-state index contributed by atoms with van der Waals surface area (Å²) in [5.41, 5.74) is 8.87. The predicted octanol–water partition coefficient (Wildman–Crippen LogP) is 2.17. The van der Waals surface area contributed by atoms with Gasteiger partial charge in [-0.2, -0.15) is 5.10 Å². The predicted molar refractivity (Wildman–Crippen MR) is 61.8 cm³/mol. The summed E-state index contributed by atoms with van der Waals surface area (Å²) in [6.45, 7) is 4.19. The summed E-state index contributed by atoms with van der Waals surface area (Å²) in [6.07, 6.45) is 6.06. The van der Waals surface area contributed by atoms with Gasteiger partial charge in [0.1, 0.15) is 0 Å². The van der Waals surface area contributed by atoms with Crippen molar-refractivity contribution in [2.24, 2.45) is 10.8 Å². The highest BCUT2D eigenvalue weighted by molar-refractivity contribution is 7.80. The zero-order valence-electron chi connectivity index (χ0n) is 8.47. The highest BCUT2D eigenvalue weighted by atomic mass is 32.1. The second-order valence-electron chi connectivity index (χ2n) is 3.13. The SMILES string of the molecule is CCCCCCC(C)=NNC(N)=S. The fraction of sp³-hybridized carbons (Fsp3) is 0.778. The summed E-state index contributed by atoms with van der Waals surface area (Å²) in [6, 6.07) is 0. The van der Waals surface area contributed by atoms with Crippen molar-refractivity contribution in [1.82, 2.24) is 5.43 Å². The smallest absolute Gasteiger partial charge is 0.184 e. The summed E-state index contributed by atoms with van der Waals surface area (Å²) < 4.78 is 0. The maximum atomic E-state index is 5.23. The van der Waals surface area contributed by atoms with Crippen molar-refractivity contribution >= 4 is 23.0 Å². The molecule has 76 valence electrons. The van der Waals surface area contributed by atoms with E-state index in [2.05, 4.69) is 29.7 Å². The Morgan fingerprint density at radius 1 is 1.38 bits per heavy atom. The Balaban J connectivity index is 3.43. The van der Waals surface area contributed by atoms with Crippen molar-refractivity contribution in [3.8, 4) is 0 Å². The van der Waals surface area contributed by atoms with E-state index in [1.165, 1.54) is 25.7 Å². The lowest BCUT2D eigenvalue weighted by atomic mass is 10.1. The van der Waals surface area contributed by atoms with Crippen molar-refractivity contribution in [3.05, 3.63) is 0 Å². The van der Waals surface area contributed by atoms with E-state index in [4.69, 9.17) is 5.73 Å². The Morgan fingerprint density at radius 2 is 2.08 bits per heavy atom. The summed E-state index contributed by atoms with van der Waals surface area (Å²) in [7, 11) is 0. The largest absolute Gasteiger partial charge is 0.375 e. The third kappa shape index (κ3) is 9.27. The number of hydrogen-bond donors (Lipinski definition) is 2. The van der Waals surface area contributed by atoms with Crippen molar-refractivity contribution in [1.29, 1.82) is 0 Å². The number of nitrogens with two attached hydrogens (primary N) is 1. The van der Waals surface area contributed by atoms with Gasteiger partial charge in [-0.05, 0) is 32.0 Å². The number of nitrogens with zero attached hydrogens (tertiary/aromatic N) is 1. The van der Waals surface area contributed by atoms with Gasteiger partial charge in [-0.3, -0.25) is 5.43 Å². The first-order chi connectivity index (χ1) is 6.16. The van der Waals surface area contributed by atoms with E-state index in [-0.39, 0.29) is 5.11 Å². The fourth-order valence-corrected chi connectivity index (χ4v) is 1.06. The van der Waals surface area contributed by atoms with Crippen LogP contribution in [0.2, 0.25) is 0 Å². The Morgan fingerprint density at radius 3 is 2.62 bits per heavy atom. The number of unbranched alkanes of at least 4 members (excludes halogenated alkanes) is 3. The molecule has 0 spiro atoms. The molecule has 0 aromatic carbocycles. The van der Waals surface area contributed by atoms with E-state index in [0.29, 0.717) is 0 Å². The van der Waals surface area contributed by atoms with Crippen molar-refractivity contribution < 1.29 is 0 Å². The molecule has 0 rings (SSSR count). The quantitative estimate of drug-likeness (QED) is 0.300. The highest BCUT2D eigenvalue weighted by Crippen LogP contribution is 2.02.